The topological polar surface area (TPSA) is 96.0 Å². The number of hydrogen-bond acceptors (Lipinski definition) is 5. The van der Waals surface area contributed by atoms with Crippen molar-refractivity contribution in [2.75, 3.05) is 18.0 Å². The van der Waals surface area contributed by atoms with Gasteiger partial charge in [-0.3, -0.25) is 13.9 Å². The van der Waals surface area contributed by atoms with Crippen LogP contribution < -0.4 is 14.4 Å². The Hall–Kier alpha value is -3.27. The second kappa shape index (κ2) is 13.4. The van der Waals surface area contributed by atoms with Crippen LogP contribution in [0.15, 0.2) is 71.6 Å². The van der Waals surface area contributed by atoms with E-state index in [1.165, 1.54) is 35.2 Å². The number of rotatable bonds is 11. The molecule has 0 spiro atoms. The second-order valence-corrected chi connectivity index (χ2v) is 12.3. The summed E-state index contributed by atoms with van der Waals surface area (Å²) in [7, 11) is -2.66. The number of benzene rings is 3. The Labute approximate surface area is 245 Å². The zero-order chi connectivity index (χ0) is 29.6. The van der Waals surface area contributed by atoms with Gasteiger partial charge in [-0.2, -0.15) is 0 Å². The van der Waals surface area contributed by atoms with Gasteiger partial charge in [0, 0.05) is 12.6 Å². The van der Waals surface area contributed by atoms with Gasteiger partial charge in [-0.1, -0.05) is 53.0 Å². The number of hydrogen-bond donors (Lipinski definition) is 1. The summed E-state index contributed by atoms with van der Waals surface area (Å²) in [5.74, 6) is -0.300. The lowest BCUT2D eigenvalue weighted by Crippen LogP contribution is -2.52. The average molecular weight is 607 g/mol. The first-order chi connectivity index (χ1) is 18.8. The predicted octanol–water partition coefficient (Wildman–Crippen LogP) is 5.45. The van der Waals surface area contributed by atoms with Crippen LogP contribution in [-0.4, -0.2) is 50.9 Å². The fourth-order valence-electron chi connectivity index (χ4n) is 3.92. The first-order valence-corrected chi connectivity index (χ1v) is 14.8. The van der Waals surface area contributed by atoms with Crippen molar-refractivity contribution in [2.24, 2.45) is 0 Å². The highest BCUT2D eigenvalue weighted by Gasteiger charge is 2.33. The molecule has 0 radical (unpaired) electrons. The van der Waals surface area contributed by atoms with Crippen LogP contribution in [-0.2, 0) is 26.2 Å². The van der Waals surface area contributed by atoms with Crippen LogP contribution in [0, 0.1) is 6.92 Å². The Kier molecular flexibility index (Phi) is 10.5. The summed E-state index contributed by atoms with van der Waals surface area (Å²) in [6, 6.07) is 16.7. The third-order valence-corrected chi connectivity index (χ3v) is 8.72. The molecular formula is C29H33Cl2N3O5S. The number of aryl methyl sites for hydroxylation is 1. The van der Waals surface area contributed by atoms with Gasteiger partial charge in [-0.25, -0.2) is 8.42 Å². The predicted molar refractivity (Wildman–Crippen MR) is 158 cm³/mol. The van der Waals surface area contributed by atoms with E-state index in [0.717, 1.165) is 15.4 Å². The number of sulfonamides is 1. The van der Waals surface area contributed by atoms with E-state index >= 15 is 0 Å². The summed E-state index contributed by atoms with van der Waals surface area (Å²) in [5, 5.41) is 3.20. The van der Waals surface area contributed by atoms with E-state index in [-0.39, 0.29) is 39.1 Å². The Bertz CT molecular complexity index is 1450. The summed E-state index contributed by atoms with van der Waals surface area (Å²) in [5.41, 5.74) is 1.78. The van der Waals surface area contributed by atoms with Gasteiger partial charge >= 0.3 is 0 Å². The minimum atomic E-state index is -4.21. The van der Waals surface area contributed by atoms with Gasteiger partial charge in [0.05, 0.1) is 27.7 Å². The first kappa shape index (κ1) is 31.3. The number of halogens is 2. The lowest BCUT2D eigenvalue weighted by molar-refractivity contribution is -0.139. The van der Waals surface area contributed by atoms with Crippen LogP contribution in [0.4, 0.5) is 5.69 Å². The normalized spacial score (nSPS) is 12.1. The van der Waals surface area contributed by atoms with E-state index in [1.54, 1.807) is 50.4 Å². The number of amides is 2. The van der Waals surface area contributed by atoms with E-state index < -0.39 is 28.5 Å². The molecule has 0 unspecified atom stereocenters. The SMILES string of the molecule is COc1ccc(CN(C(=O)CN(c2ccc(Cl)c(Cl)c2)S(=O)(=O)c2ccc(C)cc2)[C@@H](C)C(=O)NC(C)C)cc1. The molecule has 3 aromatic rings. The number of ether oxygens (including phenoxy) is 1. The van der Waals surface area contributed by atoms with Gasteiger partial charge in [0.15, 0.2) is 0 Å². The zero-order valence-electron chi connectivity index (χ0n) is 23.0. The van der Waals surface area contributed by atoms with Crippen molar-refractivity contribution < 1.29 is 22.7 Å². The fourth-order valence-corrected chi connectivity index (χ4v) is 5.62. The maximum Gasteiger partial charge on any atom is 0.264 e. The molecule has 0 aromatic heterocycles. The van der Waals surface area contributed by atoms with Crippen molar-refractivity contribution in [3.05, 3.63) is 87.9 Å². The Balaban J connectivity index is 2.05. The molecule has 1 atom stereocenters. The van der Waals surface area contributed by atoms with Gasteiger partial charge in [-0.05, 0) is 75.7 Å². The van der Waals surface area contributed by atoms with E-state index in [4.69, 9.17) is 27.9 Å². The molecule has 3 aromatic carbocycles. The van der Waals surface area contributed by atoms with Crippen LogP contribution in [0.1, 0.15) is 31.9 Å². The molecule has 11 heteroatoms. The monoisotopic (exact) mass is 605 g/mol. The van der Waals surface area contributed by atoms with Crippen molar-refractivity contribution in [2.45, 2.75) is 51.2 Å². The highest BCUT2D eigenvalue weighted by Crippen LogP contribution is 2.31. The lowest BCUT2D eigenvalue weighted by atomic mass is 10.1. The van der Waals surface area contributed by atoms with Gasteiger partial charge in [-0.15, -0.1) is 0 Å². The summed E-state index contributed by atoms with van der Waals surface area (Å²) in [4.78, 5) is 28.3. The summed E-state index contributed by atoms with van der Waals surface area (Å²) < 4.78 is 33.9. The summed E-state index contributed by atoms with van der Waals surface area (Å²) in [6.07, 6.45) is 0. The van der Waals surface area contributed by atoms with Crippen LogP contribution in [0.25, 0.3) is 0 Å². The van der Waals surface area contributed by atoms with E-state index in [1.807, 2.05) is 20.8 Å². The van der Waals surface area contributed by atoms with Gasteiger partial charge in [0.2, 0.25) is 11.8 Å². The molecule has 0 saturated heterocycles. The van der Waals surface area contributed by atoms with Crippen molar-refractivity contribution in [1.29, 1.82) is 0 Å². The largest absolute Gasteiger partial charge is 0.497 e. The lowest BCUT2D eigenvalue weighted by Gasteiger charge is -2.32. The maximum absolute atomic E-state index is 13.9. The molecule has 40 heavy (non-hydrogen) atoms. The zero-order valence-corrected chi connectivity index (χ0v) is 25.3. The highest BCUT2D eigenvalue weighted by atomic mass is 35.5. The van der Waals surface area contributed by atoms with E-state index in [9.17, 15) is 18.0 Å². The number of nitrogens with zero attached hydrogens (tertiary/aromatic N) is 2. The Morgan fingerprint density at radius 3 is 2.10 bits per heavy atom. The molecule has 0 aliphatic rings. The fraction of sp³-hybridized carbons (Fsp3) is 0.310. The minimum Gasteiger partial charge on any atom is -0.497 e. The molecule has 0 fully saturated rings. The Morgan fingerprint density at radius 1 is 0.925 bits per heavy atom. The number of methoxy groups -OCH3 is 1. The van der Waals surface area contributed by atoms with Gasteiger partial charge in [0.1, 0.15) is 18.3 Å². The number of anilines is 1. The molecule has 3 rings (SSSR count). The molecular weight excluding hydrogens is 573 g/mol. The molecule has 8 nitrogen and oxygen atoms in total. The second-order valence-electron chi connectivity index (χ2n) is 9.63. The third-order valence-electron chi connectivity index (χ3n) is 6.19. The van der Waals surface area contributed by atoms with Crippen LogP contribution >= 0.6 is 23.2 Å². The number of carbonyl (C=O) groups is 2. The van der Waals surface area contributed by atoms with Gasteiger partial charge in [0.25, 0.3) is 10.0 Å². The van der Waals surface area contributed by atoms with Crippen LogP contribution in [0.5, 0.6) is 5.75 Å². The molecule has 2 amide bonds. The first-order valence-electron chi connectivity index (χ1n) is 12.6. The molecule has 214 valence electrons. The summed E-state index contributed by atoms with van der Waals surface area (Å²) in [6.45, 7) is 6.58. The number of nitrogens with one attached hydrogen (secondary N) is 1. The number of carbonyl (C=O) groups excluding carboxylic acids is 2. The van der Waals surface area contributed by atoms with E-state index in [0.29, 0.717) is 5.75 Å². The van der Waals surface area contributed by atoms with Crippen LogP contribution in [0.3, 0.4) is 0 Å². The molecule has 0 aliphatic heterocycles. The minimum absolute atomic E-state index is 0.00396. The van der Waals surface area contributed by atoms with Crippen molar-refractivity contribution >= 4 is 50.7 Å². The molecule has 0 bridgehead atoms. The molecule has 1 N–H and O–H groups in total. The van der Waals surface area contributed by atoms with Gasteiger partial charge < -0.3 is 15.0 Å². The van der Waals surface area contributed by atoms with Crippen LogP contribution in [0.2, 0.25) is 10.0 Å². The smallest absolute Gasteiger partial charge is 0.264 e. The van der Waals surface area contributed by atoms with Crippen molar-refractivity contribution in [3.8, 4) is 5.75 Å². The standard InChI is InChI=1S/C29H33Cl2N3O5S/c1-19(2)32-29(36)21(4)33(17-22-8-11-24(39-5)12-9-22)28(35)18-34(23-10-15-26(30)27(31)16-23)40(37,38)25-13-6-20(3)7-14-25/h6-16,19,21H,17-18H2,1-5H3,(H,32,36)/t21-/m0/s1. The third kappa shape index (κ3) is 7.68. The molecule has 0 heterocycles. The molecule has 0 aliphatic carbocycles. The quantitative estimate of drug-likeness (QED) is 0.313. The van der Waals surface area contributed by atoms with Crippen molar-refractivity contribution in [3.63, 3.8) is 0 Å². The van der Waals surface area contributed by atoms with Crippen molar-refractivity contribution in [1.82, 2.24) is 10.2 Å². The van der Waals surface area contributed by atoms with E-state index in [2.05, 4.69) is 5.32 Å². The maximum atomic E-state index is 13.9. The summed E-state index contributed by atoms with van der Waals surface area (Å²) >= 11 is 12.3. The highest BCUT2D eigenvalue weighted by molar-refractivity contribution is 7.92. The molecule has 0 saturated carbocycles. The Morgan fingerprint density at radius 2 is 1.55 bits per heavy atom. The average Bonchev–Trinajstić information content (AvgIpc) is 2.91.